The molecule has 0 aliphatic carbocycles. The molecule has 0 bridgehead atoms. The van der Waals surface area contributed by atoms with E-state index in [2.05, 4.69) is 10.2 Å². The van der Waals surface area contributed by atoms with E-state index >= 15 is 0 Å². The van der Waals surface area contributed by atoms with Gasteiger partial charge < -0.3 is 5.73 Å². The molecule has 0 saturated carbocycles. The number of aromatic nitrogens is 2. The van der Waals surface area contributed by atoms with Gasteiger partial charge in [-0.3, -0.25) is 5.10 Å². The lowest BCUT2D eigenvalue weighted by atomic mass is 10.1. The molecule has 82 valence electrons. The minimum atomic E-state index is 0. The zero-order chi connectivity index (χ0) is 9.10. The van der Waals surface area contributed by atoms with E-state index in [1.807, 2.05) is 30.3 Å². The van der Waals surface area contributed by atoms with Crippen LogP contribution in [0.1, 0.15) is 5.56 Å². The first-order valence-corrected chi connectivity index (χ1v) is 4.19. The number of hydrogen-bond acceptors (Lipinski definition) is 2. The number of benzene rings is 1. The molecular formula is C10H13Cl2N3. The summed E-state index contributed by atoms with van der Waals surface area (Å²) in [6.07, 6.45) is 1.74. The predicted molar refractivity (Wildman–Crippen MR) is 66.4 cm³/mol. The van der Waals surface area contributed by atoms with E-state index in [1.54, 1.807) is 6.20 Å². The van der Waals surface area contributed by atoms with Crippen molar-refractivity contribution in [2.45, 2.75) is 6.54 Å². The van der Waals surface area contributed by atoms with Crippen molar-refractivity contribution in [3.05, 3.63) is 42.1 Å². The molecular weight excluding hydrogens is 233 g/mol. The summed E-state index contributed by atoms with van der Waals surface area (Å²) in [4.78, 5) is 0. The quantitative estimate of drug-likeness (QED) is 0.854. The van der Waals surface area contributed by atoms with Gasteiger partial charge in [-0.25, -0.2) is 0 Å². The number of nitrogens with zero attached hydrogens (tertiary/aromatic N) is 1. The van der Waals surface area contributed by atoms with Crippen molar-refractivity contribution in [3.63, 3.8) is 0 Å². The zero-order valence-corrected chi connectivity index (χ0v) is 9.65. The summed E-state index contributed by atoms with van der Waals surface area (Å²) < 4.78 is 0. The van der Waals surface area contributed by atoms with Gasteiger partial charge in [0, 0.05) is 12.7 Å². The van der Waals surface area contributed by atoms with E-state index in [-0.39, 0.29) is 24.8 Å². The topological polar surface area (TPSA) is 54.7 Å². The van der Waals surface area contributed by atoms with Crippen LogP contribution < -0.4 is 5.73 Å². The van der Waals surface area contributed by atoms with Crippen molar-refractivity contribution in [3.8, 4) is 11.3 Å². The molecule has 3 N–H and O–H groups in total. The van der Waals surface area contributed by atoms with Crippen LogP contribution in [0, 0.1) is 0 Å². The van der Waals surface area contributed by atoms with Crippen LogP contribution in [0.25, 0.3) is 11.3 Å². The highest BCUT2D eigenvalue weighted by Crippen LogP contribution is 2.16. The highest BCUT2D eigenvalue weighted by molar-refractivity contribution is 5.85. The van der Waals surface area contributed by atoms with Crippen LogP contribution in [0.2, 0.25) is 0 Å². The first-order valence-electron chi connectivity index (χ1n) is 4.19. The Bertz CT molecular complexity index is 370. The smallest absolute Gasteiger partial charge is 0.0650 e. The van der Waals surface area contributed by atoms with Gasteiger partial charge in [-0.2, -0.15) is 5.10 Å². The summed E-state index contributed by atoms with van der Waals surface area (Å²) in [5.74, 6) is 0. The lowest BCUT2D eigenvalue weighted by Crippen LogP contribution is -1.95. The third kappa shape index (κ3) is 3.23. The molecule has 0 aliphatic heterocycles. The minimum absolute atomic E-state index is 0. The minimum Gasteiger partial charge on any atom is -0.326 e. The van der Waals surface area contributed by atoms with Crippen molar-refractivity contribution >= 4 is 24.8 Å². The Kier molecular flexibility index (Phi) is 6.01. The average Bonchev–Trinajstić information content (AvgIpc) is 2.71. The fourth-order valence-electron chi connectivity index (χ4n) is 1.24. The summed E-state index contributed by atoms with van der Waals surface area (Å²) in [5.41, 5.74) is 8.81. The first-order chi connectivity index (χ1) is 6.40. The average molecular weight is 246 g/mol. The Morgan fingerprint density at radius 2 is 1.73 bits per heavy atom. The molecule has 0 saturated heterocycles. The summed E-state index contributed by atoms with van der Waals surface area (Å²) in [7, 11) is 0. The van der Waals surface area contributed by atoms with Crippen LogP contribution in [0.15, 0.2) is 36.5 Å². The number of H-pyrrole nitrogens is 1. The second kappa shape index (κ2) is 6.45. The van der Waals surface area contributed by atoms with Gasteiger partial charge in [0.1, 0.15) is 0 Å². The molecule has 5 heteroatoms. The van der Waals surface area contributed by atoms with E-state index in [4.69, 9.17) is 5.73 Å². The third-order valence-corrected chi connectivity index (χ3v) is 2.00. The maximum Gasteiger partial charge on any atom is 0.0650 e. The number of hydrogen-bond donors (Lipinski definition) is 2. The highest BCUT2D eigenvalue weighted by Gasteiger charge is 1.97. The molecule has 0 unspecified atom stereocenters. The normalized spacial score (nSPS) is 8.87. The Labute approximate surface area is 101 Å². The Morgan fingerprint density at radius 3 is 2.20 bits per heavy atom. The highest BCUT2D eigenvalue weighted by atomic mass is 35.5. The van der Waals surface area contributed by atoms with E-state index in [1.165, 1.54) is 0 Å². The van der Waals surface area contributed by atoms with Crippen molar-refractivity contribution in [2.24, 2.45) is 5.73 Å². The third-order valence-electron chi connectivity index (χ3n) is 2.00. The molecule has 2 aromatic rings. The summed E-state index contributed by atoms with van der Waals surface area (Å²) in [5, 5.41) is 6.80. The number of halogens is 2. The molecule has 3 nitrogen and oxygen atoms in total. The lowest BCUT2D eigenvalue weighted by molar-refractivity contribution is 1.07. The molecule has 1 heterocycles. The molecule has 0 aliphatic rings. The molecule has 2 rings (SSSR count). The van der Waals surface area contributed by atoms with Crippen LogP contribution in [-0.2, 0) is 6.54 Å². The molecule has 0 fully saturated rings. The molecule has 1 aromatic carbocycles. The van der Waals surface area contributed by atoms with Crippen LogP contribution >= 0.6 is 24.8 Å². The van der Waals surface area contributed by atoms with Crippen LogP contribution in [0.3, 0.4) is 0 Å². The zero-order valence-electron chi connectivity index (χ0n) is 8.01. The summed E-state index contributed by atoms with van der Waals surface area (Å²) in [6, 6.07) is 10.1. The van der Waals surface area contributed by atoms with Gasteiger partial charge in [0.25, 0.3) is 0 Å². The Morgan fingerprint density at radius 1 is 1.07 bits per heavy atom. The van der Waals surface area contributed by atoms with Crippen LogP contribution in [0.4, 0.5) is 0 Å². The number of rotatable bonds is 2. The second-order valence-corrected chi connectivity index (χ2v) is 2.87. The standard InChI is InChI=1S/C10H11N3.2ClH/c11-7-8-1-3-9(4-2-8)10-5-6-12-13-10;;/h1-6H,7,11H2,(H,12,13);2*1H. The maximum atomic E-state index is 5.50. The molecule has 0 spiro atoms. The van der Waals surface area contributed by atoms with Crippen LogP contribution in [0.5, 0.6) is 0 Å². The maximum absolute atomic E-state index is 5.50. The number of aromatic amines is 1. The summed E-state index contributed by atoms with van der Waals surface area (Å²) >= 11 is 0. The molecule has 15 heavy (non-hydrogen) atoms. The molecule has 1 aromatic heterocycles. The van der Waals surface area contributed by atoms with Gasteiger partial charge in [-0.05, 0) is 17.2 Å². The summed E-state index contributed by atoms with van der Waals surface area (Å²) in [6.45, 7) is 0.587. The SMILES string of the molecule is Cl.Cl.NCc1ccc(-c2ccn[nH]2)cc1. The first kappa shape index (κ1) is 14.0. The van der Waals surface area contributed by atoms with Gasteiger partial charge in [0.2, 0.25) is 0 Å². The van der Waals surface area contributed by atoms with Crippen LogP contribution in [-0.4, -0.2) is 10.2 Å². The van der Waals surface area contributed by atoms with E-state index < -0.39 is 0 Å². The van der Waals surface area contributed by atoms with E-state index in [0.29, 0.717) is 6.54 Å². The molecule has 0 amide bonds. The lowest BCUT2D eigenvalue weighted by Gasteiger charge is -1.99. The van der Waals surface area contributed by atoms with Gasteiger partial charge in [-0.1, -0.05) is 24.3 Å². The number of nitrogens with one attached hydrogen (secondary N) is 1. The van der Waals surface area contributed by atoms with Gasteiger partial charge in [0.05, 0.1) is 5.69 Å². The van der Waals surface area contributed by atoms with Crippen molar-refractivity contribution in [1.29, 1.82) is 0 Å². The predicted octanol–water partition coefficient (Wildman–Crippen LogP) is 2.38. The fourth-order valence-corrected chi connectivity index (χ4v) is 1.24. The largest absolute Gasteiger partial charge is 0.326 e. The van der Waals surface area contributed by atoms with E-state index in [0.717, 1.165) is 16.8 Å². The monoisotopic (exact) mass is 245 g/mol. The molecule has 0 atom stereocenters. The van der Waals surface area contributed by atoms with Crippen molar-refractivity contribution in [1.82, 2.24) is 10.2 Å². The fraction of sp³-hybridized carbons (Fsp3) is 0.100. The Hall–Kier alpha value is -1.03. The van der Waals surface area contributed by atoms with Gasteiger partial charge in [-0.15, -0.1) is 24.8 Å². The second-order valence-electron chi connectivity index (χ2n) is 2.87. The molecule has 0 radical (unpaired) electrons. The van der Waals surface area contributed by atoms with Gasteiger partial charge >= 0.3 is 0 Å². The van der Waals surface area contributed by atoms with Crippen molar-refractivity contribution < 1.29 is 0 Å². The van der Waals surface area contributed by atoms with Gasteiger partial charge in [0.15, 0.2) is 0 Å². The Balaban J connectivity index is 0.000000980. The number of nitrogens with two attached hydrogens (primary N) is 1. The van der Waals surface area contributed by atoms with E-state index in [9.17, 15) is 0 Å². The van der Waals surface area contributed by atoms with Crippen molar-refractivity contribution in [2.75, 3.05) is 0 Å².